The average molecular weight is 256 g/mol. The molecule has 0 aromatic carbocycles. The van der Waals surface area contributed by atoms with Crippen LogP contribution >= 0.6 is 22.6 Å². The zero-order valence-corrected chi connectivity index (χ0v) is 7.52. The summed E-state index contributed by atoms with van der Waals surface area (Å²) in [6, 6.07) is 0. The van der Waals surface area contributed by atoms with E-state index in [0.29, 0.717) is 17.1 Å². The highest BCUT2D eigenvalue weighted by atomic mass is 127. The van der Waals surface area contributed by atoms with Crippen molar-refractivity contribution in [3.05, 3.63) is 0 Å². The van der Waals surface area contributed by atoms with Gasteiger partial charge < -0.3 is 14.6 Å². The van der Waals surface area contributed by atoms with E-state index in [-0.39, 0.29) is 18.3 Å². The second-order valence-corrected chi connectivity index (χ2v) is 4.30. The summed E-state index contributed by atoms with van der Waals surface area (Å²) in [5, 5.41) is 9.36. The Morgan fingerprint density at radius 2 is 2.00 bits per heavy atom. The molecule has 4 unspecified atom stereocenters. The molecule has 2 saturated heterocycles. The molecular formula is C6H9IO3. The molecule has 0 aromatic rings. The van der Waals surface area contributed by atoms with Crippen LogP contribution in [0.5, 0.6) is 0 Å². The second kappa shape index (κ2) is 2.58. The van der Waals surface area contributed by atoms with E-state index in [4.69, 9.17) is 9.47 Å². The van der Waals surface area contributed by atoms with Crippen molar-refractivity contribution in [2.24, 2.45) is 5.92 Å². The van der Waals surface area contributed by atoms with Gasteiger partial charge >= 0.3 is 0 Å². The smallest absolute Gasteiger partial charge is 0.164 e. The van der Waals surface area contributed by atoms with Crippen LogP contribution in [0.1, 0.15) is 0 Å². The fourth-order valence-electron chi connectivity index (χ4n) is 1.47. The Labute approximate surface area is 72.8 Å². The van der Waals surface area contributed by atoms with Gasteiger partial charge in [0.15, 0.2) is 6.29 Å². The van der Waals surface area contributed by atoms with Gasteiger partial charge in [0.1, 0.15) is 0 Å². The number of hydrogen-bond donors (Lipinski definition) is 1. The van der Waals surface area contributed by atoms with Gasteiger partial charge in [0.25, 0.3) is 0 Å². The van der Waals surface area contributed by atoms with Crippen molar-refractivity contribution in [1.82, 2.24) is 0 Å². The Morgan fingerprint density at radius 3 is 2.70 bits per heavy atom. The van der Waals surface area contributed by atoms with Crippen LogP contribution in [0.15, 0.2) is 0 Å². The van der Waals surface area contributed by atoms with E-state index in [2.05, 4.69) is 22.6 Å². The fourth-order valence-corrected chi connectivity index (χ4v) is 2.49. The molecule has 1 N–H and O–H groups in total. The lowest BCUT2D eigenvalue weighted by Gasteiger charge is -2.11. The molecule has 0 aliphatic carbocycles. The largest absolute Gasteiger partial charge is 0.390 e. The van der Waals surface area contributed by atoms with Crippen LogP contribution in [0, 0.1) is 5.92 Å². The Hall–Kier alpha value is 0.610. The number of alkyl halides is 1. The maximum absolute atomic E-state index is 9.36. The van der Waals surface area contributed by atoms with Crippen LogP contribution in [0.2, 0.25) is 0 Å². The molecule has 2 heterocycles. The van der Waals surface area contributed by atoms with Crippen molar-refractivity contribution in [2.75, 3.05) is 13.2 Å². The summed E-state index contributed by atoms with van der Waals surface area (Å²) in [6.45, 7) is 1.15. The molecule has 2 rings (SSSR count). The van der Waals surface area contributed by atoms with Crippen LogP contribution in [0.3, 0.4) is 0 Å². The number of aliphatic hydroxyl groups excluding tert-OH is 1. The molecule has 4 atom stereocenters. The highest BCUT2D eigenvalue weighted by Gasteiger charge is 2.46. The van der Waals surface area contributed by atoms with Gasteiger partial charge in [-0.25, -0.2) is 0 Å². The number of ether oxygens (including phenoxy) is 2. The van der Waals surface area contributed by atoms with E-state index >= 15 is 0 Å². The summed E-state index contributed by atoms with van der Waals surface area (Å²) in [7, 11) is 0. The normalized spacial score (nSPS) is 53.4. The third-order valence-corrected chi connectivity index (χ3v) is 3.22. The van der Waals surface area contributed by atoms with Crippen LogP contribution < -0.4 is 0 Å². The summed E-state index contributed by atoms with van der Waals surface area (Å²) in [4.78, 5) is 0. The van der Waals surface area contributed by atoms with Crippen molar-refractivity contribution in [2.45, 2.75) is 16.3 Å². The van der Waals surface area contributed by atoms with Gasteiger partial charge in [0.05, 0.1) is 25.2 Å². The van der Waals surface area contributed by atoms with Crippen molar-refractivity contribution in [3.63, 3.8) is 0 Å². The molecule has 0 bridgehead atoms. The summed E-state index contributed by atoms with van der Waals surface area (Å²) in [5.41, 5.74) is 0. The Balaban J connectivity index is 2.11. The maximum Gasteiger partial charge on any atom is 0.164 e. The van der Waals surface area contributed by atoms with Crippen molar-refractivity contribution in [1.29, 1.82) is 0 Å². The summed E-state index contributed by atoms with van der Waals surface area (Å²) in [5.74, 6) is 0.209. The summed E-state index contributed by atoms with van der Waals surface area (Å²) < 4.78 is 10.9. The number of rotatable bonds is 0. The molecule has 0 radical (unpaired) electrons. The van der Waals surface area contributed by atoms with Crippen LogP contribution in [-0.4, -0.2) is 34.6 Å². The van der Waals surface area contributed by atoms with Gasteiger partial charge in [0.2, 0.25) is 0 Å². The molecule has 2 aliphatic rings. The third-order valence-electron chi connectivity index (χ3n) is 2.03. The topological polar surface area (TPSA) is 38.7 Å². The monoisotopic (exact) mass is 256 g/mol. The predicted octanol–water partition coefficient (Wildman–Crippen LogP) is 0.154. The van der Waals surface area contributed by atoms with Crippen LogP contribution in [0.25, 0.3) is 0 Å². The van der Waals surface area contributed by atoms with Gasteiger partial charge in [-0.3, -0.25) is 0 Å². The summed E-state index contributed by atoms with van der Waals surface area (Å²) in [6.07, 6.45) is -0.439. The van der Waals surface area contributed by atoms with E-state index in [1.165, 1.54) is 0 Å². The first kappa shape index (κ1) is 7.27. The van der Waals surface area contributed by atoms with Gasteiger partial charge in [-0.15, -0.1) is 0 Å². The Kier molecular flexibility index (Phi) is 1.88. The zero-order valence-electron chi connectivity index (χ0n) is 5.37. The fraction of sp³-hybridized carbons (Fsp3) is 1.00. The van der Waals surface area contributed by atoms with Crippen molar-refractivity contribution >= 4 is 22.6 Å². The second-order valence-electron chi connectivity index (χ2n) is 2.70. The molecule has 58 valence electrons. The summed E-state index contributed by atoms with van der Waals surface area (Å²) >= 11 is 2.30. The molecule has 0 saturated carbocycles. The minimum absolute atomic E-state index is 0.128. The van der Waals surface area contributed by atoms with E-state index in [1.807, 2.05) is 0 Å². The first-order valence-corrected chi connectivity index (χ1v) is 4.59. The van der Waals surface area contributed by atoms with Gasteiger partial charge in [-0.1, -0.05) is 22.6 Å². The number of hydrogen-bond acceptors (Lipinski definition) is 3. The number of fused-ring (bicyclic) bond motifs is 1. The third kappa shape index (κ3) is 0.975. The Morgan fingerprint density at radius 1 is 1.30 bits per heavy atom. The molecule has 4 heteroatoms. The maximum atomic E-state index is 9.36. The quantitative estimate of drug-likeness (QED) is 0.495. The number of halogens is 1. The average Bonchev–Trinajstić information content (AvgIpc) is 2.40. The van der Waals surface area contributed by atoms with Crippen LogP contribution in [-0.2, 0) is 9.47 Å². The van der Waals surface area contributed by atoms with E-state index in [9.17, 15) is 5.11 Å². The molecule has 0 aromatic heterocycles. The van der Waals surface area contributed by atoms with Crippen molar-refractivity contribution < 1.29 is 14.6 Å². The highest BCUT2D eigenvalue weighted by Crippen LogP contribution is 2.35. The molecule has 0 spiro atoms. The molecule has 2 aliphatic heterocycles. The highest BCUT2D eigenvalue weighted by molar-refractivity contribution is 14.1. The molecule has 2 fully saturated rings. The van der Waals surface area contributed by atoms with E-state index in [0.717, 1.165) is 0 Å². The molecule has 10 heavy (non-hydrogen) atoms. The lowest BCUT2D eigenvalue weighted by atomic mass is 10.0. The van der Waals surface area contributed by atoms with Gasteiger partial charge in [-0.05, 0) is 0 Å². The molecule has 0 amide bonds. The number of aliphatic hydroxyl groups is 1. The van der Waals surface area contributed by atoms with Gasteiger partial charge in [0, 0.05) is 3.92 Å². The predicted molar refractivity (Wildman–Crippen MR) is 43.0 cm³/mol. The molecular weight excluding hydrogens is 247 g/mol. The van der Waals surface area contributed by atoms with Crippen molar-refractivity contribution in [3.8, 4) is 0 Å². The minimum atomic E-state index is -0.311. The van der Waals surface area contributed by atoms with Gasteiger partial charge in [-0.2, -0.15) is 0 Å². The first-order chi connectivity index (χ1) is 4.79. The lowest BCUT2D eigenvalue weighted by molar-refractivity contribution is -0.0906. The van der Waals surface area contributed by atoms with E-state index < -0.39 is 0 Å². The standard InChI is InChI=1S/C6H9IO3/c7-3-1-9-6-5(3)4(8)2-10-6/h3-6,8H,1-2H2. The first-order valence-electron chi connectivity index (χ1n) is 3.34. The zero-order chi connectivity index (χ0) is 7.14. The SMILES string of the molecule is OC1COC2OCC(I)C12. The van der Waals surface area contributed by atoms with Crippen LogP contribution in [0.4, 0.5) is 0 Å². The minimum Gasteiger partial charge on any atom is -0.390 e. The van der Waals surface area contributed by atoms with E-state index in [1.54, 1.807) is 0 Å². The Bertz CT molecular complexity index is 127. The lowest BCUT2D eigenvalue weighted by Crippen LogP contribution is -2.25. The molecule has 3 nitrogen and oxygen atoms in total.